The van der Waals surface area contributed by atoms with Crippen molar-refractivity contribution in [3.8, 4) is 23.8 Å². The summed E-state index contributed by atoms with van der Waals surface area (Å²) in [6.07, 6.45) is 8.28. The summed E-state index contributed by atoms with van der Waals surface area (Å²) in [7, 11) is -0.694. The number of allylic oxidation sites excluding steroid dienone is 2. The highest BCUT2D eigenvalue weighted by molar-refractivity contribution is 6.64. The van der Waals surface area contributed by atoms with Gasteiger partial charge in [-0.3, -0.25) is 0 Å². The summed E-state index contributed by atoms with van der Waals surface area (Å²) in [4.78, 5) is 0. The number of rotatable bonds is 0. The fraction of sp³-hybridized carbons (Fsp3) is 0.250. The topological polar surface area (TPSA) is 0 Å². The molecule has 46 valence electrons. The first-order chi connectivity index (χ1) is 4.27. The van der Waals surface area contributed by atoms with Crippen molar-refractivity contribution in [1.82, 2.24) is 0 Å². The lowest BCUT2D eigenvalue weighted by molar-refractivity contribution is 2.03. The molecule has 0 aromatic carbocycles. The third kappa shape index (κ3) is 7.08. The first-order valence-corrected chi connectivity index (χ1v) is 5.78. The maximum atomic E-state index is 4.95. The highest BCUT2D eigenvalue weighted by Gasteiger charge is 1.80. The van der Waals surface area contributed by atoms with Gasteiger partial charge in [-0.05, 0) is 12.2 Å². The second-order valence-electron chi connectivity index (χ2n) is 1.94. The molecule has 0 aliphatic heterocycles. The van der Waals surface area contributed by atoms with Crippen LogP contribution in [0, 0.1) is 23.8 Å². The molecule has 0 saturated carbocycles. The first kappa shape index (κ1) is 8.08. The van der Waals surface area contributed by atoms with Gasteiger partial charge >= 0.3 is 0 Å². The second-order valence-corrected chi connectivity index (χ2v) is 4.54. The Bertz CT molecular complexity index is 183. The van der Waals surface area contributed by atoms with Crippen molar-refractivity contribution in [2.24, 2.45) is 0 Å². The van der Waals surface area contributed by atoms with Crippen LogP contribution in [-0.4, -0.2) is 8.80 Å². The van der Waals surface area contributed by atoms with Gasteiger partial charge in [0.25, 0.3) is 0 Å². The van der Waals surface area contributed by atoms with Crippen LogP contribution in [0.25, 0.3) is 0 Å². The number of hydrogen-bond acceptors (Lipinski definition) is 0. The predicted octanol–water partition coefficient (Wildman–Crippen LogP) is 1.21. The van der Waals surface area contributed by atoms with E-state index in [1.165, 1.54) is 0 Å². The summed E-state index contributed by atoms with van der Waals surface area (Å²) in [6, 6.07) is 0. The van der Waals surface area contributed by atoms with Crippen LogP contribution in [0.2, 0.25) is 13.1 Å². The average Bonchev–Trinajstić information content (AvgIpc) is 1.80. The van der Waals surface area contributed by atoms with Crippen molar-refractivity contribution in [3.05, 3.63) is 12.2 Å². The molecule has 0 unspecified atom stereocenters. The summed E-state index contributed by atoms with van der Waals surface area (Å²) >= 11 is 0. The minimum Gasteiger partial charge on any atom is -0.131 e. The van der Waals surface area contributed by atoms with Gasteiger partial charge in [-0.2, -0.15) is 0 Å². The summed E-state index contributed by atoms with van der Waals surface area (Å²) in [5.41, 5.74) is 3.09. The van der Waals surface area contributed by atoms with Crippen molar-refractivity contribution in [3.63, 3.8) is 0 Å². The van der Waals surface area contributed by atoms with Crippen LogP contribution in [0.15, 0.2) is 12.2 Å². The van der Waals surface area contributed by atoms with E-state index in [2.05, 4.69) is 30.5 Å². The largest absolute Gasteiger partial charge is 0.131 e. The Hall–Kier alpha value is -0.923. The molecule has 0 aliphatic carbocycles. The standard InChI is InChI=1S/C8H10Si/c1-4-5-6-7-8-9(2)3/h1,5-6,9H,2-3H3. The molecule has 0 rings (SSSR count). The van der Waals surface area contributed by atoms with Crippen LogP contribution < -0.4 is 0 Å². The lowest BCUT2D eigenvalue weighted by Gasteiger charge is -1.79. The van der Waals surface area contributed by atoms with Gasteiger partial charge in [-0.25, -0.2) is 0 Å². The zero-order valence-corrected chi connectivity index (χ0v) is 6.96. The Morgan fingerprint density at radius 2 is 2.00 bits per heavy atom. The molecule has 0 heterocycles. The van der Waals surface area contributed by atoms with Crippen LogP contribution in [0.1, 0.15) is 0 Å². The van der Waals surface area contributed by atoms with E-state index in [0.717, 1.165) is 0 Å². The minimum atomic E-state index is -0.694. The van der Waals surface area contributed by atoms with E-state index in [4.69, 9.17) is 6.42 Å². The van der Waals surface area contributed by atoms with Crippen molar-refractivity contribution >= 4 is 8.80 Å². The number of hydrogen-bond donors (Lipinski definition) is 0. The Kier molecular flexibility index (Phi) is 4.68. The fourth-order valence-corrected chi connectivity index (χ4v) is 0.734. The molecule has 0 aliphatic rings. The van der Waals surface area contributed by atoms with Crippen LogP contribution in [0.5, 0.6) is 0 Å². The Morgan fingerprint density at radius 3 is 2.44 bits per heavy atom. The Balaban J connectivity index is 3.65. The van der Waals surface area contributed by atoms with E-state index in [0.29, 0.717) is 0 Å². The quantitative estimate of drug-likeness (QED) is 0.345. The normalized spacial score (nSPS) is 8.67. The van der Waals surface area contributed by atoms with E-state index in [1.54, 1.807) is 12.2 Å². The monoisotopic (exact) mass is 134 g/mol. The van der Waals surface area contributed by atoms with Gasteiger partial charge < -0.3 is 0 Å². The zero-order chi connectivity index (χ0) is 7.11. The molecule has 9 heavy (non-hydrogen) atoms. The molecule has 0 fully saturated rings. The Labute approximate surface area is 58.6 Å². The highest BCUT2D eigenvalue weighted by atomic mass is 28.3. The fourth-order valence-electron chi connectivity index (χ4n) is 0.305. The predicted molar refractivity (Wildman–Crippen MR) is 44.6 cm³/mol. The van der Waals surface area contributed by atoms with Gasteiger partial charge in [0, 0.05) is 0 Å². The molecule has 0 bridgehead atoms. The Morgan fingerprint density at radius 1 is 1.33 bits per heavy atom. The van der Waals surface area contributed by atoms with Gasteiger partial charge in [0.2, 0.25) is 0 Å². The second kappa shape index (κ2) is 5.22. The summed E-state index contributed by atoms with van der Waals surface area (Å²) in [6.45, 7) is 4.35. The molecule has 0 atom stereocenters. The van der Waals surface area contributed by atoms with Crippen LogP contribution in [0.3, 0.4) is 0 Å². The summed E-state index contributed by atoms with van der Waals surface area (Å²) < 4.78 is 0. The van der Waals surface area contributed by atoms with Gasteiger partial charge in [-0.1, -0.05) is 24.9 Å². The van der Waals surface area contributed by atoms with Gasteiger partial charge in [0.1, 0.15) is 8.80 Å². The molecule has 0 nitrogen and oxygen atoms in total. The van der Waals surface area contributed by atoms with Crippen LogP contribution in [0.4, 0.5) is 0 Å². The summed E-state index contributed by atoms with van der Waals surface area (Å²) in [5.74, 6) is 5.25. The average molecular weight is 134 g/mol. The first-order valence-electron chi connectivity index (χ1n) is 2.89. The molecule has 0 amide bonds. The molecule has 1 heteroatoms. The molecule has 0 aromatic rings. The molecule has 0 N–H and O–H groups in total. The molecule has 0 aromatic heterocycles. The minimum absolute atomic E-state index is 0.694. The third-order valence-electron chi connectivity index (χ3n) is 0.635. The van der Waals surface area contributed by atoms with Crippen LogP contribution >= 0.6 is 0 Å². The van der Waals surface area contributed by atoms with Crippen molar-refractivity contribution in [2.45, 2.75) is 13.1 Å². The van der Waals surface area contributed by atoms with Gasteiger partial charge in [-0.15, -0.1) is 12.0 Å². The molecular weight excluding hydrogens is 124 g/mol. The molecule has 0 radical (unpaired) electrons. The molecule has 0 saturated heterocycles. The van der Waals surface area contributed by atoms with Gasteiger partial charge in [0.05, 0.1) is 0 Å². The van der Waals surface area contributed by atoms with Crippen molar-refractivity contribution in [1.29, 1.82) is 0 Å². The summed E-state index contributed by atoms with van der Waals surface area (Å²) in [5, 5.41) is 0. The highest BCUT2D eigenvalue weighted by Crippen LogP contribution is 1.73. The third-order valence-corrected chi connectivity index (χ3v) is 1.38. The van der Waals surface area contributed by atoms with E-state index in [-0.39, 0.29) is 0 Å². The lowest BCUT2D eigenvalue weighted by atomic mass is 10.5. The van der Waals surface area contributed by atoms with E-state index >= 15 is 0 Å². The van der Waals surface area contributed by atoms with Crippen molar-refractivity contribution < 1.29 is 0 Å². The SMILES string of the molecule is C#CC=CC#C[SiH](C)C. The maximum absolute atomic E-state index is 4.95. The lowest BCUT2D eigenvalue weighted by Crippen LogP contribution is -1.92. The number of terminal acetylenes is 1. The van der Waals surface area contributed by atoms with E-state index in [1.807, 2.05) is 0 Å². The molecule has 0 spiro atoms. The van der Waals surface area contributed by atoms with Gasteiger partial charge in [0.15, 0.2) is 0 Å². The zero-order valence-electron chi connectivity index (χ0n) is 5.81. The van der Waals surface area contributed by atoms with E-state index < -0.39 is 8.80 Å². The molecular formula is C8H10Si. The maximum Gasteiger partial charge on any atom is 0.117 e. The van der Waals surface area contributed by atoms with Crippen molar-refractivity contribution in [2.75, 3.05) is 0 Å². The van der Waals surface area contributed by atoms with E-state index in [9.17, 15) is 0 Å². The smallest absolute Gasteiger partial charge is 0.117 e. The van der Waals surface area contributed by atoms with Crippen LogP contribution in [-0.2, 0) is 0 Å².